The summed E-state index contributed by atoms with van der Waals surface area (Å²) < 4.78 is 5.23. The summed E-state index contributed by atoms with van der Waals surface area (Å²) in [6.45, 7) is 5.58. The summed E-state index contributed by atoms with van der Waals surface area (Å²) in [4.78, 5) is 29.6. The molecule has 3 aromatic rings. The number of carbonyl (C=O) groups is 2. The van der Waals surface area contributed by atoms with Crippen LogP contribution < -0.4 is 20.7 Å². The maximum absolute atomic E-state index is 12.6. The van der Waals surface area contributed by atoms with Crippen molar-refractivity contribution >= 4 is 39.8 Å². The molecule has 0 aliphatic heterocycles. The Morgan fingerprint density at radius 2 is 1.72 bits per heavy atom. The Labute approximate surface area is 173 Å². The summed E-state index contributed by atoms with van der Waals surface area (Å²) in [6, 6.07) is 12.5. The fourth-order valence-corrected chi connectivity index (χ4v) is 3.64. The van der Waals surface area contributed by atoms with Gasteiger partial charge in [0.1, 0.15) is 10.6 Å². The van der Waals surface area contributed by atoms with Gasteiger partial charge in [0, 0.05) is 11.4 Å². The van der Waals surface area contributed by atoms with Gasteiger partial charge in [0.25, 0.3) is 5.91 Å². The molecule has 3 N–H and O–H groups in total. The number of urea groups is 1. The van der Waals surface area contributed by atoms with Crippen LogP contribution in [0.2, 0.25) is 0 Å². The van der Waals surface area contributed by atoms with Gasteiger partial charge < -0.3 is 15.4 Å². The normalized spacial score (nSPS) is 10.3. The molecule has 0 aliphatic rings. The number of carbonyl (C=O) groups excluding carboxylic acids is 2. The Morgan fingerprint density at radius 3 is 2.41 bits per heavy atom. The molecular weight excluding hydrogens is 388 g/mol. The third kappa shape index (κ3) is 5.11. The van der Waals surface area contributed by atoms with Crippen molar-refractivity contribution in [3.8, 4) is 5.75 Å². The molecule has 150 valence electrons. The van der Waals surface area contributed by atoms with Crippen molar-refractivity contribution in [3.63, 3.8) is 0 Å². The maximum Gasteiger partial charge on any atom is 0.325 e. The molecule has 1 heterocycles. The fourth-order valence-electron chi connectivity index (χ4n) is 2.79. The Balaban J connectivity index is 1.66. The van der Waals surface area contributed by atoms with Gasteiger partial charge in [-0.25, -0.2) is 9.78 Å². The van der Waals surface area contributed by atoms with Gasteiger partial charge in [-0.2, -0.15) is 0 Å². The van der Waals surface area contributed by atoms with Crippen LogP contribution in [-0.2, 0) is 0 Å². The van der Waals surface area contributed by atoms with Gasteiger partial charge in [-0.3, -0.25) is 10.1 Å². The summed E-state index contributed by atoms with van der Waals surface area (Å²) >= 11 is 1.12. The molecule has 0 unspecified atom stereocenters. The predicted octanol–water partition coefficient (Wildman–Crippen LogP) is 4.97. The number of methoxy groups -OCH3 is 1. The van der Waals surface area contributed by atoms with Crippen LogP contribution in [0.15, 0.2) is 42.5 Å². The van der Waals surface area contributed by atoms with E-state index >= 15 is 0 Å². The van der Waals surface area contributed by atoms with E-state index in [9.17, 15) is 9.59 Å². The van der Waals surface area contributed by atoms with Crippen molar-refractivity contribution in [2.75, 3.05) is 23.1 Å². The molecule has 0 atom stereocenters. The fraction of sp³-hybridized carbons (Fsp3) is 0.190. The van der Waals surface area contributed by atoms with Crippen LogP contribution in [0.4, 0.5) is 21.3 Å². The first kappa shape index (κ1) is 20.3. The number of nitrogens with zero attached hydrogens (tertiary/aromatic N) is 1. The Morgan fingerprint density at radius 1 is 0.966 bits per heavy atom. The predicted molar refractivity (Wildman–Crippen MR) is 116 cm³/mol. The lowest BCUT2D eigenvalue weighted by molar-refractivity contribution is 0.102. The molecule has 3 amide bonds. The average molecular weight is 410 g/mol. The minimum absolute atomic E-state index is 0.281. The van der Waals surface area contributed by atoms with E-state index in [0.717, 1.165) is 28.2 Å². The molecule has 3 rings (SSSR count). The molecule has 29 heavy (non-hydrogen) atoms. The quantitative estimate of drug-likeness (QED) is 0.553. The number of rotatable bonds is 5. The lowest BCUT2D eigenvalue weighted by Crippen LogP contribution is -2.19. The minimum Gasteiger partial charge on any atom is -0.496 e. The summed E-state index contributed by atoms with van der Waals surface area (Å²) in [6.07, 6.45) is 0. The average Bonchev–Trinajstić information content (AvgIpc) is 3.02. The van der Waals surface area contributed by atoms with E-state index in [0.29, 0.717) is 27.1 Å². The highest BCUT2D eigenvalue weighted by Gasteiger charge is 2.17. The molecule has 0 bridgehead atoms. The van der Waals surface area contributed by atoms with Crippen LogP contribution in [0.3, 0.4) is 0 Å². The zero-order chi connectivity index (χ0) is 21.0. The lowest BCUT2D eigenvalue weighted by atomic mass is 10.2. The Bertz CT molecular complexity index is 1060. The number of hydrogen-bond acceptors (Lipinski definition) is 5. The lowest BCUT2D eigenvalue weighted by Gasteiger charge is -2.08. The Hall–Kier alpha value is -3.39. The molecule has 0 saturated heterocycles. The zero-order valence-electron chi connectivity index (χ0n) is 16.6. The van der Waals surface area contributed by atoms with Crippen molar-refractivity contribution < 1.29 is 14.3 Å². The first-order valence-corrected chi connectivity index (χ1v) is 9.75. The minimum atomic E-state index is -0.415. The van der Waals surface area contributed by atoms with Crippen LogP contribution >= 0.6 is 11.3 Å². The third-order valence-corrected chi connectivity index (χ3v) is 5.22. The van der Waals surface area contributed by atoms with Crippen LogP contribution in [0.5, 0.6) is 5.75 Å². The number of aryl methyl sites for hydroxylation is 3. The van der Waals surface area contributed by atoms with Gasteiger partial charge in [0.15, 0.2) is 5.13 Å². The maximum atomic E-state index is 12.6. The smallest absolute Gasteiger partial charge is 0.325 e. The van der Waals surface area contributed by atoms with Crippen LogP contribution in [0.1, 0.15) is 26.5 Å². The number of nitrogens with one attached hydrogen (secondary N) is 3. The summed E-state index contributed by atoms with van der Waals surface area (Å²) in [7, 11) is 1.60. The number of ether oxygens (including phenoxy) is 1. The summed E-state index contributed by atoms with van der Waals surface area (Å²) in [5, 5.41) is 8.63. The second kappa shape index (κ2) is 8.74. The highest BCUT2D eigenvalue weighted by molar-refractivity contribution is 7.17. The van der Waals surface area contributed by atoms with E-state index in [1.807, 2.05) is 38.1 Å². The molecule has 2 aromatic carbocycles. The molecule has 8 heteroatoms. The monoisotopic (exact) mass is 410 g/mol. The van der Waals surface area contributed by atoms with Crippen molar-refractivity contribution in [1.29, 1.82) is 0 Å². The number of benzene rings is 2. The molecule has 0 saturated carbocycles. The summed E-state index contributed by atoms with van der Waals surface area (Å²) in [5.41, 5.74) is 3.85. The van der Waals surface area contributed by atoms with Gasteiger partial charge in [0.2, 0.25) is 0 Å². The van der Waals surface area contributed by atoms with Crippen molar-refractivity contribution in [3.05, 3.63) is 64.2 Å². The first-order chi connectivity index (χ1) is 13.9. The SMILES string of the molecule is COc1ccc(NC(=O)c2sc(NC(=O)Nc3cccc(C)c3)nc2C)cc1C. The molecule has 1 aromatic heterocycles. The largest absolute Gasteiger partial charge is 0.496 e. The number of amides is 3. The molecular formula is C21H22N4O3S. The topological polar surface area (TPSA) is 92.4 Å². The second-order valence-electron chi connectivity index (χ2n) is 6.52. The van der Waals surface area contributed by atoms with Crippen molar-refractivity contribution in [2.24, 2.45) is 0 Å². The number of hydrogen-bond donors (Lipinski definition) is 3. The van der Waals surface area contributed by atoms with Crippen molar-refractivity contribution in [1.82, 2.24) is 4.98 Å². The van der Waals surface area contributed by atoms with Gasteiger partial charge >= 0.3 is 6.03 Å². The van der Waals surface area contributed by atoms with E-state index in [4.69, 9.17) is 4.74 Å². The number of aromatic nitrogens is 1. The van der Waals surface area contributed by atoms with Gasteiger partial charge in [-0.05, 0) is 62.2 Å². The van der Waals surface area contributed by atoms with Crippen LogP contribution in [-0.4, -0.2) is 24.0 Å². The molecule has 7 nitrogen and oxygen atoms in total. The van der Waals surface area contributed by atoms with E-state index in [2.05, 4.69) is 20.9 Å². The van der Waals surface area contributed by atoms with Gasteiger partial charge in [0.05, 0.1) is 12.8 Å². The van der Waals surface area contributed by atoms with Crippen molar-refractivity contribution in [2.45, 2.75) is 20.8 Å². The third-order valence-electron chi connectivity index (χ3n) is 4.15. The summed E-state index contributed by atoms with van der Waals surface area (Å²) in [5.74, 6) is 0.472. The van der Waals surface area contributed by atoms with Gasteiger partial charge in [-0.15, -0.1) is 0 Å². The van der Waals surface area contributed by atoms with E-state index in [1.165, 1.54) is 0 Å². The second-order valence-corrected chi connectivity index (χ2v) is 7.52. The number of anilines is 3. The zero-order valence-corrected chi connectivity index (χ0v) is 17.4. The Kier molecular flexibility index (Phi) is 6.13. The van der Waals surface area contributed by atoms with Crippen LogP contribution in [0.25, 0.3) is 0 Å². The molecule has 0 spiro atoms. The van der Waals surface area contributed by atoms with E-state index < -0.39 is 6.03 Å². The van der Waals surface area contributed by atoms with E-state index in [1.54, 1.807) is 32.2 Å². The standard InChI is InChI=1S/C21H22N4O3S/c1-12-6-5-7-15(10-12)24-20(27)25-21-22-14(3)18(29-21)19(26)23-16-8-9-17(28-4)13(2)11-16/h5-11H,1-4H3,(H,23,26)(H2,22,24,25,27). The molecule has 0 radical (unpaired) electrons. The molecule has 0 aliphatic carbocycles. The first-order valence-electron chi connectivity index (χ1n) is 8.94. The van der Waals surface area contributed by atoms with Gasteiger partial charge in [-0.1, -0.05) is 23.5 Å². The molecule has 0 fully saturated rings. The van der Waals surface area contributed by atoms with Crippen LogP contribution in [0, 0.1) is 20.8 Å². The van der Waals surface area contributed by atoms with E-state index in [-0.39, 0.29) is 5.91 Å². The highest BCUT2D eigenvalue weighted by atomic mass is 32.1. The number of thiazole rings is 1. The highest BCUT2D eigenvalue weighted by Crippen LogP contribution is 2.26.